The third-order valence-corrected chi connectivity index (χ3v) is 4.01. The highest BCUT2D eigenvalue weighted by Gasteiger charge is 2.26. The summed E-state index contributed by atoms with van der Waals surface area (Å²) in [6, 6.07) is 3.38. The number of phenolic OH excluding ortho intramolecular Hbond substituents is 2. The van der Waals surface area contributed by atoms with Crippen molar-refractivity contribution in [2.24, 2.45) is 0 Å². The SMILES string of the molecule is CCCC1COCC(CCCl)c2cc(O)c(O)cc21. The minimum Gasteiger partial charge on any atom is -0.504 e. The van der Waals surface area contributed by atoms with E-state index in [4.69, 9.17) is 16.3 Å². The molecule has 0 saturated carbocycles. The molecule has 1 heterocycles. The lowest BCUT2D eigenvalue weighted by atomic mass is 9.85. The van der Waals surface area contributed by atoms with E-state index in [-0.39, 0.29) is 23.3 Å². The highest BCUT2D eigenvalue weighted by Crippen LogP contribution is 2.40. The maximum atomic E-state index is 9.75. The molecular formula is C15H21ClO3. The van der Waals surface area contributed by atoms with Gasteiger partial charge in [0.05, 0.1) is 13.2 Å². The van der Waals surface area contributed by atoms with Crippen LogP contribution in [0.5, 0.6) is 11.5 Å². The summed E-state index contributed by atoms with van der Waals surface area (Å²) in [5.41, 5.74) is 2.18. The first kappa shape index (κ1) is 14.5. The number of halogens is 1. The van der Waals surface area contributed by atoms with Crippen LogP contribution >= 0.6 is 11.6 Å². The van der Waals surface area contributed by atoms with Crippen LogP contribution in [0.2, 0.25) is 0 Å². The Morgan fingerprint density at radius 2 is 1.63 bits per heavy atom. The van der Waals surface area contributed by atoms with Crippen LogP contribution in [0, 0.1) is 0 Å². The Bertz CT molecular complexity index is 395. The second-order valence-corrected chi connectivity index (χ2v) is 5.55. The molecule has 1 aromatic carbocycles. The third-order valence-electron chi connectivity index (χ3n) is 3.79. The molecule has 2 N–H and O–H groups in total. The Labute approximate surface area is 119 Å². The van der Waals surface area contributed by atoms with Gasteiger partial charge in [0.15, 0.2) is 11.5 Å². The zero-order chi connectivity index (χ0) is 13.8. The van der Waals surface area contributed by atoms with Gasteiger partial charge in [-0.05, 0) is 36.1 Å². The van der Waals surface area contributed by atoms with Gasteiger partial charge in [-0.25, -0.2) is 0 Å². The molecular weight excluding hydrogens is 264 g/mol. The molecule has 0 fully saturated rings. The van der Waals surface area contributed by atoms with Crippen molar-refractivity contribution in [2.45, 2.75) is 38.0 Å². The fourth-order valence-corrected chi connectivity index (χ4v) is 3.07. The molecule has 4 heteroatoms. The molecule has 2 unspecified atom stereocenters. The number of ether oxygens (including phenoxy) is 1. The first-order chi connectivity index (χ1) is 9.17. The van der Waals surface area contributed by atoms with E-state index in [0.717, 1.165) is 30.4 Å². The van der Waals surface area contributed by atoms with Gasteiger partial charge in [0.25, 0.3) is 0 Å². The largest absolute Gasteiger partial charge is 0.504 e. The van der Waals surface area contributed by atoms with Crippen molar-refractivity contribution >= 4 is 11.6 Å². The van der Waals surface area contributed by atoms with Crippen molar-refractivity contribution in [1.82, 2.24) is 0 Å². The van der Waals surface area contributed by atoms with Crippen LogP contribution in [0.15, 0.2) is 12.1 Å². The van der Waals surface area contributed by atoms with Gasteiger partial charge in [0, 0.05) is 17.7 Å². The molecule has 2 rings (SSSR count). The molecule has 106 valence electrons. The standard InChI is InChI=1S/C15H21ClO3/c1-2-3-10-8-19-9-11(4-5-16)13-7-15(18)14(17)6-12(10)13/h6-7,10-11,17-18H,2-5,8-9H2,1H3. The van der Waals surface area contributed by atoms with E-state index in [1.165, 1.54) is 0 Å². The van der Waals surface area contributed by atoms with Crippen LogP contribution in [0.25, 0.3) is 0 Å². The highest BCUT2D eigenvalue weighted by molar-refractivity contribution is 6.17. The minimum atomic E-state index is -0.0597. The molecule has 19 heavy (non-hydrogen) atoms. The summed E-state index contributed by atoms with van der Waals surface area (Å²) >= 11 is 5.86. The van der Waals surface area contributed by atoms with E-state index in [9.17, 15) is 10.2 Å². The van der Waals surface area contributed by atoms with E-state index in [0.29, 0.717) is 19.1 Å². The summed E-state index contributed by atoms with van der Waals surface area (Å²) in [6.45, 7) is 3.44. The Kier molecular flexibility index (Phi) is 4.94. The molecule has 2 atom stereocenters. The predicted octanol–water partition coefficient (Wildman–Crippen LogP) is 3.72. The number of benzene rings is 1. The number of phenols is 2. The molecule has 0 aliphatic carbocycles. The van der Waals surface area contributed by atoms with E-state index in [1.807, 2.05) is 0 Å². The van der Waals surface area contributed by atoms with Gasteiger partial charge in [-0.2, -0.15) is 0 Å². The number of hydrogen-bond acceptors (Lipinski definition) is 3. The van der Waals surface area contributed by atoms with Crippen molar-refractivity contribution in [2.75, 3.05) is 19.1 Å². The quantitative estimate of drug-likeness (QED) is 0.654. The summed E-state index contributed by atoms with van der Waals surface area (Å²) in [5, 5.41) is 19.5. The molecule has 0 bridgehead atoms. The van der Waals surface area contributed by atoms with Crippen LogP contribution in [0.1, 0.15) is 49.1 Å². The topological polar surface area (TPSA) is 49.7 Å². The predicted molar refractivity (Wildman–Crippen MR) is 76.3 cm³/mol. The molecule has 0 saturated heterocycles. The summed E-state index contributed by atoms with van der Waals surface area (Å²) in [4.78, 5) is 0. The van der Waals surface area contributed by atoms with E-state index < -0.39 is 0 Å². The van der Waals surface area contributed by atoms with Crippen molar-refractivity contribution in [3.8, 4) is 11.5 Å². The first-order valence-electron chi connectivity index (χ1n) is 6.86. The van der Waals surface area contributed by atoms with Crippen LogP contribution in [0.4, 0.5) is 0 Å². The zero-order valence-corrected chi connectivity index (χ0v) is 12.0. The van der Waals surface area contributed by atoms with E-state index >= 15 is 0 Å². The van der Waals surface area contributed by atoms with Gasteiger partial charge in [-0.3, -0.25) is 0 Å². The molecule has 1 aromatic rings. The number of fused-ring (bicyclic) bond motifs is 1. The highest BCUT2D eigenvalue weighted by atomic mass is 35.5. The van der Waals surface area contributed by atoms with Crippen LogP contribution in [-0.4, -0.2) is 29.3 Å². The summed E-state index contributed by atoms with van der Waals surface area (Å²) in [7, 11) is 0. The number of alkyl halides is 1. The summed E-state index contributed by atoms with van der Waals surface area (Å²) < 4.78 is 5.77. The second kappa shape index (κ2) is 6.49. The number of rotatable bonds is 4. The fourth-order valence-electron chi connectivity index (χ4n) is 2.81. The lowest BCUT2D eigenvalue weighted by molar-refractivity contribution is 0.112. The smallest absolute Gasteiger partial charge is 0.157 e. The first-order valence-corrected chi connectivity index (χ1v) is 7.40. The van der Waals surface area contributed by atoms with Crippen molar-refractivity contribution in [3.63, 3.8) is 0 Å². The lowest BCUT2D eigenvalue weighted by Gasteiger charge is -2.19. The van der Waals surface area contributed by atoms with E-state index in [2.05, 4.69) is 6.92 Å². The maximum absolute atomic E-state index is 9.75. The Hall–Kier alpha value is -0.930. The zero-order valence-electron chi connectivity index (χ0n) is 11.2. The molecule has 3 nitrogen and oxygen atoms in total. The minimum absolute atomic E-state index is 0.0497. The Morgan fingerprint density at radius 1 is 1.11 bits per heavy atom. The van der Waals surface area contributed by atoms with Gasteiger partial charge in [-0.15, -0.1) is 11.6 Å². The third kappa shape index (κ3) is 3.15. The van der Waals surface area contributed by atoms with Gasteiger partial charge >= 0.3 is 0 Å². The average molecular weight is 285 g/mol. The van der Waals surface area contributed by atoms with Crippen molar-refractivity contribution < 1.29 is 14.9 Å². The Balaban J connectivity index is 2.44. The molecule has 1 aliphatic heterocycles. The van der Waals surface area contributed by atoms with E-state index in [1.54, 1.807) is 12.1 Å². The normalized spacial score (nSPS) is 22.8. The lowest BCUT2D eigenvalue weighted by Crippen LogP contribution is -2.07. The van der Waals surface area contributed by atoms with Gasteiger partial charge in [-0.1, -0.05) is 13.3 Å². The molecule has 1 aliphatic rings. The van der Waals surface area contributed by atoms with Crippen molar-refractivity contribution in [3.05, 3.63) is 23.3 Å². The molecule has 0 amide bonds. The second-order valence-electron chi connectivity index (χ2n) is 5.17. The monoisotopic (exact) mass is 284 g/mol. The van der Waals surface area contributed by atoms with Gasteiger partial charge < -0.3 is 14.9 Å². The number of hydrogen-bond donors (Lipinski definition) is 2. The number of aromatic hydroxyl groups is 2. The van der Waals surface area contributed by atoms with Crippen LogP contribution in [-0.2, 0) is 4.74 Å². The van der Waals surface area contributed by atoms with Crippen LogP contribution in [0.3, 0.4) is 0 Å². The molecule has 0 radical (unpaired) electrons. The van der Waals surface area contributed by atoms with Gasteiger partial charge in [0.2, 0.25) is 0 Å². The van der Waals surface area contributed by atoms with Gasteiger partial charge in [0.1, 0.15) is 0 Å². The van der Waals surface area contributed by atoms with Crippen LogP contribution < -0.4 is 0 Å². The Morgan fingerprint density at radius 3 is 2.11 bits per heavy atom. The fraction of sp³-hybridized carbons (Fsp3) is 0.600. The molecule has 0 aromatic heterocycles. The molecule has 0 spiro atoms. The maximum Gasteiger partial charge on any atom is 0.157 e. The average Bonchev–Trinajstić information content (AvgIpc) is 2.53. The summed E-state index contributed by atoms with van der Waals surface area (Å²) in [5.74, 6) is 0.933. The van der Waals surface area contributed by atoms with Crippen molar-refractivity contribution in [1.29, 1.82) is 0 Å². The summed E-state index contributed by atoms with van der Waals surface area (Å²) in [6.07, 6.45) is 2.90.